The van der Waals surface area contributed by atoms with Crippen LogP contribution in [0.3, 0.4) is 0 Å². The van der Waals surface area contributed by atoms with Crippen LogP contribution in [0.2, 0.25) is 0 Å². The van der Waals surface area contributed by atoms with Crippen LogP contribution in [0.5, 0.6) is 5.88 Å². The molecule has 2 atom stereocenters. The first-order chi connectivity index (χ1) is 13.1. The minimum atomic E-state index is -0.435. The third-order valence-electron chi connectivity index (χ3n) is 5.57. The Hall–Kier alpha value is -2.67. The molecule has 0 unspecified atom stereocenters. The molecule has 0 aliphatic carbocycles. The van der Waals surface area contributed by atoms with E-state index in [0.29, 0.717) is 11.8 Å². The summed E-state index contributed by atoms with van der Waals surface area (Å²) < 4.78 is 5.73. The number of ether oxygens (including phenoxy) is 1. The molecule has 2 aromatic rings. The van der Waals surface area contributed by atoms with Crippen molar-refractivity contribution >= 4 is 11.5 Å². The second-order valence-electron chi connectivity index (χ2n) is 7.50. The Balaban J connectivity index is 1.53. The molecule has 0 amide bonds. The van der Waals surface area contributed by atoms with E-state index in [1.165, 1.54) is 12.5 Å². The lowest BCUT2D eigenvalue weighted by atomic mass is 9.89. The normalized spacial score (nSPS) is 22.5. The van der Waals surface area contributed by atoms with Gasteiger partial charge in [-0.2, -0.15) is 4.98 Å². The topological polar surface area (TPSA) is 71.7 Å². The maximum atomic E-state index is 11.4. The zero-order chi connectivity index (χ0) is 18.8. The number of aromatic nitrogens is 1. The molecule has 2 fully saturated rings. The van der Waals surface area contributed by atoms with Crippen molar-refractivity contribution in [1.29, 1.82) is 0 Å². The number of anilines is 1. The maximum Gasteiger partial charge on any atom is 0.331 e. The average Bonchev–Trinajstić information content (AvgIpc) is 3.10. The smallest absolute Gasteiger partial charge is 0.331 e. The Morgan fingerprint density at radius 3 is 2.70 bits per heavy atom. The lowest BCUT2D eigenvalue weighted by Gasteiger charge is -2.31. The van der Waals surface area contributed by atoms with Crippen LogP contribution in [0, 0.1) is 22.0 Å². The van der Waals surface area contributed by atoms with Gasteiger partial charge >= 0.3 is 5.69 Å². The second-order valence-corrected chi connectivity index (χ2v) is 7.50. The fourth-order valence-electron chi connectivity index (χ4n) is 4.11. The van der Waals surface area contributed by atoms with Gasteiger partial charge in [0.2, 0.25) is 0 Å². The molecular formula is C20H24N4O3. The number of piperidine rings is 1. The van der Waals surface area contributed by atoms with Gasteiger partial charge in [-0.15, -0.1) is 0 Å². The number of benzene rings is 1. The van der Waals surface area contributed by atoms with Crippen molar-refractivity contribution in [2.75, 3.05) is 38.1 Å². The zero-order valence-electron chi connectivity index (χ0n) is 15.5. The van der Waals surface area contributed by atoms with Gasteiger partial charge < -0.3 is 14.5 Å². The molecule has 0 radical (unpaired) electrons. The highest BCUT2D eigenvalue weighted by Gasteiger charge is 2.37. The molecule has 2 saturated heterocycles. The summed E-state index contributed by atoms with van der Waals surface area (Å²) in [6.45, 7) is 4.40. The number of hydrogen-bond donors (Lipinski definition) is 0. The third kappa shape index (κ3) is 3.88. The van der Waals surface area contributed by atoms with Crippen LogP contribution in [0.4, 0.5) is 11.5 Å². The van der Waals surface area contributed by atoms with Crippen molar-refractivity contribution in [3.8, 4) is 5.88 Å². The SMILES string of the molecule is CN1CC[C@@H]2CN(c3ccc([N+](=O)[O-])c(OCc4ccccc4)n3)C[C@@H]2C1. The van der Waals surface area contributed by atoms with Gasteiger partial charge in [0.1, 0.15) is 12.4 Å². The molecule has 4 rings (SSSR count). The monoisotopic (exact) mass is 368 g/mol. The van der Waals surface area contributed by atoms with Crippen LogP contribution in [0.15, 0.2) is 42.5 Å². The number of nitro groups is 1. The zero-order valence-corrected chi connectivity index (χ0v) is 15.5. The highest BCUT2D eigenvalue weighted by molar-refractivity contribution is 5.51. The van der Waals surface area contributed by atoms with Crippen LogP contribution in [0.1, 0.15) is 12.0 Å². The summed E-state index contributed by atoms with van der Waals surface area (Å²) in [4.78, 5) is 20.1. The van der Waals surface area contributed by atoms with Crippen LogP contribution in [-0.4, -0.2) is 48.0 Å². The van der Waals surface area contributed by atoms with Crippen molar-refractivity contribution < 1.29 is 9.66 Å². The Kier molecular flexibility index (Phi) is 4.94. The van der Waals surface area contributed by atoms with Crippen molar-refractivity contribution in [2.45, 2.75) is 13.0 Å². The minimum absolute atomic E-state index is 0.0911. The van der Waals surface area contributed by atoms with Crippen molar-refractivity contribution in [3.63, 3.8) is 0 Å². The number of likely N-dealkylation sites (tertiary alicyclic amines) is 1. The number of fused-ring (bicyclic) bond motifs is 1. The summed E-state index contributed by atoms with van der Waals surface area (Å²) in [7, 11) is 2.17. The minimum Gasteiger partial charge on any atom is -0.468 e. The molecule has 3 heterocycles. The van der Waals surface area contributed by atoms with E-state index in [0.717, 1.165) is 37.6 Å². The first-order valence-corrected chi connectivity index (χ1v) is 9.36. The summed E-state index contributed by atoms with van der Waals surface area (Å²) in [5, 5.41) is 11.4. The van der Waals surface area contributed by atoms with Crippen LogP contribution in [0.25, 0.3) is 0 Å². The predicted octanol–water partition coefficient (Wildman–Crippen LogP) is 2.96. The fraction of sp³-hybridized carbons (Fsp3) is 0.450. The van der Waals surface area contributed by atoms with E-state index in [4.69, 9.17) is 4.74 Å². The molecular weight excluding hydrogens is 344 g/mol. The number of nitrogens with zero attached hydrogens (tertiary/aromatic N) is 4. The molecule has 1 aromatic heterocycles. The van der Waals surface area contributed by atoms with E-state index < -0.39 is 4.92 Å². The fourth-order valence-corrected chi connectivity index (χ4v) is 4.11. The van der Waals surface area contributed by atoms with E-state index in [9.17, 15) is 10.1 Å². The molecule has 7 nitrogen and oxygen atoms in total. The molecule has 27 heavy (non-hydrogen) atoms. The Morgan fingerprint density at radius 2 is 1.93 bits per heavy atom. The quantitative estimate of drug-likeness (QED) is 0.597. The number of hydrogen-bond acceptors (Lipinski definition) is 6. The highest BCUT2D eigenvalue weighted by Crippen LogP contribution is 2.35. The number of rotatable bonds is 5. The van der Waals surface area contributed by atoms with Gasteiger partial charge in [-0.25, -0.2) is 0 Å². The Bertz CT molecular complexity index is 814. The van der Waals surface area contributed by atoms with Gasteiger partial charge in [0.15, 0.2) is 0 Å². The van der Waals surface area contributed by atoms with Crippen molar-refractivity contribution in [1.82, 2.24) is 9.88 Å². The second kappa shape index (κ2) is 7.52. The van der Waals surface area contributed by atoms with Gasteiger partial charge in [-0.3, -0.25) is 10.1 Å². The average molecular weight is 368 g/mol. The van der Waals surface area contributed by atoms with E-state index in [1.54, 1.807) is 6.07 Å². The molecule has 2 aliphatic rings. The lowest BCUT2D eigenvalue weighted by Crippen LogP contribution is -2.37. The first kappa shape index (κ1) is 17.7. The standard InChI is InChI=1S/C20H24N4O3/c1-22-10-9-16-12-23(13-17(16)11-22)19-8-7-18(24(25)26)20(21-19)27-14-15-5-3-2-4-6-15/h2-8,16-17H,9-14H2,1H3/t16-,17+/m1/s1. The van der Waals surface area contributed by atoms with Crippen LogP contribution < -0.4 is 9.64 Å². The largest absolute Gasteiger partial charge is 0.468 e. The van der Waals surface area contributed by atoms with Gasteiger partial charge in [0.25, 0.3) is 5.88 Å². The third-order valence-corrected chi connectivity index (χ3v) is 5.57. The predicted molar refractivity (Wildman–Crippen MR) is 103 cm³/mol. The van der Waals surface area contributed by atoms with Crippen molar-refractivity contribution in [3.05, 3.63) is 58.1 Å². The molecule has 7 heteroatoms. The number of pyridine rings is 1. The molecule has 142 valence electrons. The van der Waals surface area contributed by atoms with E-state index in [2.05, 4.69) is 21.8 Å². The molecule has 0 bridgehead atoms. The van der Waals surface area contributed by atoms with Crippen LogP contribution >= 0.6 is 0 Å². The van der Waals surface area contributed by atoms with E-state index >= 15 is 0 Å². The molecule has 0 saturated carbocycles. The van der Waals surface area contributed by atoms with E-state index in [1.807, 2.05) is 30.3 Å². The Morgan fingerprint density at radius 1 is 1.15 bits per heavy atom. The molecule has 2 aliphatic heterocycles. The van der Waals surface area contributed by atoms with Gasteiger partial charge in [0.05, 0.1) is 4.92 Å². The summed E-state index contributed by atoms with van der Waals surface area (Å²) in [5.74, 6) is 2.16. The summed E-state index contributed by atoms with van der Waals surface area (Å²) in [6, 6.07) is 12.9. The molecule has 0 N–H and O–H groups in total. The summed E-state index contributed by atoms with van der Waals surface area (Å²) in [6.07, 6.45) is 1.20. The Labute approximate surface area is 158 Å². The lowest BCUT2D eigenvalue weighted by molar-refractivity contribution is -0.386. The van der Waals surface area contributed by atoms with E-state index in [-0.39, 0.29) is 18.2 Å². The van der Waals surface area contributed by atoms with Gasteiger partial charge in [0, 0.05) is 25.7 Å². The summed E-state index contributed by atoms with van der Waals surface area (Å²) in [5.41, 5.74) is 0.861. The molecule has 1 aromatic carbocycles. The summed E-state index contributed by atoms with van der Waals surface area (Å²) >= 11 is 0. The van der Waals surface area contributed by atoms with Gasteiger partial charge in [-0.05, 0) is 43.5 Å². The maximum absolute atomic E-state index is 11.4. The molecule has 0 spiro atoms. The van der Waals surface area contributed by atoms with Crippen molar-refractivity contribution in [2.24, 2.45) is 11.8 Å². The van der Waals surface area contributed by atoms with Crippen LogP contribution in [-0.2, 0) is 6.61 Å². The first-order valence-electron chi connectivity index (χ1n) is 9.36. The van der Waals surface area contributed by atoms with Gasteiger partial charge in [-0.1, -0.05) is 30.3 Å². The highest BCUT2D eigenvalue weighted by atomic mass is 16.6.